The van der Waals surface area contributed by atoms with Crippen molar-refractivity contribution in [1.82, 2.24) is 20.4 Å². The van der Waals surface area contributed by atoms with Crippen LogP contribution in [0.4, 0.5) is 5.82 Å². The Morgan fingerprint density at radius 1 is 1.29 bits per heavy atom. The summed E-state index contributed by atoms with van der Waals surface area (Å²) in [6.45, 7) is 7.54. The molecule has 0 radical (unpaired) electrons. The van der Waals surface area contributed by atoms with Gasteiger partial charge < -0.3 is 20.3 Å². The van der Waals surface area contributed by atoms with Gasteiger partial charge in [-0.25, -0.2) is 0 Å². The van der Waals surface area contributed by atoms with Crippen molar-refractivity contribution in [1.29, 1.82) is 0 Å². The predicted octanol–water partition coefficient (Wildman–Crippen LogP) is 1.39. The van der Waals surface area contributed by atoms with Crippen molar-refractivity contribution in [2.75, 3.05) is 45.7 Å². The summed E-state index contributed by atoms with van der Waals surface area (Å²) in [7, 11) is 4.13. The molecule has 1 saturated heterocycles. The van der Waals surface area contributed by atoms with Crippen LogP contribution in [0.25, 0.3) is 0 Å². The van der Waals surface area contributed by atoms with Crippen LogP contribution in [0.1, 0.15) is 37.2 Å². The second-order valence-electron chi connectivity index (χ2n) is 7.42. The minimum atomic E-state index is -0.172. The third kappa shape index (κ3) is 6.05. The van der Waals surface area contributed by atoms with E-state index in [-0.39, 0.29) is 17.4 Å². The number of nitrogens with zero attached hydrogens (tertiary/aromatic N) is 3. The van der Waals surface area contributed by atoms with Gasteiger partial charge in [-0.05, 0) is 44.5 Å². The van der Waals surface area contributed by atoms with E-state index in [1.807, 2.05) is 0 Å². The molecular formula is C17H29N5O2. The van der Waals surface area contributed by atoms with Gasteiger partial charge in [0, 0.05) is 32.3 Å². The number of rotatable bonds is 7. The zero-order chi connectivity index (χ0) is 17.6. The molecule has 0 atom stereocenters. The molecule has 0 aromatic carbocycles. The number of hydrogen-bond acceptors (Lipinski definition) is 6. The fraction of sp³-hybridized carbons (Fsp3) is 0.706. The smallest absolute Gasteiger partial charge is 0.272 e. The third-order valence-corrected chi connectivity index (χ3v) is 3.95. The molecule has 1 aliphatic rings. The van der Waals surface area contributed by atoms with Crippen LogP contribution in [0, 0.1) is 5.41 Å². The summed E-state index contributed by atoms with van der Waals surface area (Å²) in [5, 5.41) is 14.4. The van der Waals surface area contributed by atoms with Gasteiger partial charge in [-0.15, -0.1) is 10.2 Å². The fourth-order valence-electron chi connectivity index (χ4n) is 2.89. The van der Waals surface area contributed by atoms with Crippen LogP contribution in [0.2, 0.25) is 0 Å². The summed E-state index contributed by atoms with van der Waals surface area (Å²) in [5.41, 5.74) is 0.462. The monoisotopic (exact) mass is 335 g/mol. The number of carbonyl (C=O) groups is 1. The molecule has 7 heteroatoms. The lowest BCUT2D eigenvalue weighted by atomic mass is 9.93. The highest BCUT2D eigenvalue weighted by molar-refractivity contribution is 5.92. The van der Waals surface area contributed by atoms with Gasteiger partial charge in [0.15, 0.2) is 5.69 Å². The second kappa shape index (κ2) is 8.39. The Bertz CT molecular complexity index is 524. The second-order valence-corrected chi connectivity index (χ2v) is 7.42. The zero-order valence-corrected chi connectivity index (χ0v) is 15.1. The first-order valence-corrected chi connectivity index (χ1v) is 8.47. The highest BCUT2D eigenvalue weighted by Crippen LogP contribution is 2.16. The summed E-state index contributed by atoms with van der Waals surface area (Å²) in [4.78, 5) is 14.3. The van der Waals surface area contributed by atoms with Crippen LogP contribution in [-0.2, 0) is 4.74 Å². The molecule has 1 fully saturated rings. The molecule has 1 aliphatic heterocycles. The van der Waals surface area contributed by atoms with Gasteiger partial charge in [0.2, 0.25) is 0 Å². The first-order valence-electron chi connectivity index (χ1n) is 8.47. The van der Waals surface area contributed by atoms with Crippen molar-refractivity contribution in [3.63, 3.8) is 0 Å². The molecule has 24 heavy (non-hydrogen) atoms. The lowest BCUT2D eigenvalue weighted by Crippen LogP contribution is -2.39. The molecule has 1 aromatic heterocycles. The van der Waals surface area contributed by atoms with Gasteiger partial charge in [0.1, 0.15) is 5.82 Å². The normalized spacial score (nSPS) is 16.2. The molecule has 1 aromatic rings. The van der Waals surface area contributed by atoms with E-state index >= 15 is 0 Å². The van der Waals surface area contributed by atoms with E-state index in [0.29, 0.717) is 24.7 Å². The molecule has 0 aliphatic carbocycles. The fourth-order valence-corrected chi connectivity index (χ4v) is 2.89. The third-order valence-electron chi connectivity index (χ3n) is 3.95. The van der Waals surface area contributed by atoms with Crippen LogP contribution in [-0.4, -0.2) is 67.4 Å². The number of amides is 1. The van der Waals surface area contributed by atoms with Gasteiger partial charge in [-0.2, -0.15) is 0 Å². The lowest BCUT2D eigenvalue weighted by Gasteiger charge is -2.28. The minimum absolute atomic E-state index is 0.115. The van der Waals surface area contributed by atoms with Crippen molar-refractivity contribution in [2.24, 2.45) is 5.41 Å². The quantitative estimate of drug-likeness (QED) is 0.784. The maximum Gasteiger partial charge on any atom is 0.272 e. The maximum atomic E-state index is 12.2. The topological polar surface area (TPSA) is 79.4 Å². The van der Waals surface area contributed by atoms with Crippen LogP contribution < -0.4 is 10.6 Å². The van der Waals surface area contributed by atoms with Crippen LogP contribution in [0.3, 0.4) is 0 Å². The molecule has 0 unspecified atom stereocenters. The number of anilines is 1. The largest absolute Gasteiger partial charge is 0.381 e. The number of ether oxygens (including phenoxy) is 1. The Balaban J connectivity index is 1.84. The molecule has 2 heterocycles. The first-order chi connectivity index (χ1) is 11.4. The molecule has 0 bridgehead atoms. The molecule has 2 rings (SSSR count). The Kier molecular flexibility index (Phi) is 6.51. The highest BCUT2D eigenvalue weighted by Gasteiger charge is 2.20. The van der Waals surface area contributed by atoms with E-state index < -0.39 is 0 Å². The van der Waals surface area contributed by atoms with Gasteiger partial charge >= 0.3 is 0 Å². The van der Waals surface area contributed by atoms with Crippen molar-refractivity contribution in [3.05, 3.63) is 17.8 Å². The Hall–Kier alpha value is -1.73. The molecule has 0 spiro atoms. The minimum Gasteiger partial charge on any atom is -0.381 e. The Morgan fingerprint density at radius 2 is 2.00 bits per heavy atom. The summed E-state index contributed by atoms with van der Waals surface area (Å²) >= 11 is 0. The van der Waals surface area contributed by atoms with Crippen molar-refractivity contribution in [3.8, 4) is 0 Å². The van der Waals surface area contributed by atoms with Gasteiger partial charge in [-0.1, -0.05) is 13.8 Å². The first kappa shape index (κ1) is 18.6. The van der Waals surface area contributed by atoms with E-state index in [2.05, 4.69) is 53.7 Å². The van der Waals surface area contributed by atoms with Gasteiger partial charge in [0.25, 0.3) is 5.91 Å². The van der Waals surface area contributed by atoms with Crippen LogP contribution in [0.15, 0.2) is 12.1 Å². The van der Waals surface area contributed by atoms with Crippen LogP contribution >= 0.6 is 0 Å². The molecule has 134 valence electrons. The highest BCUT2D eigenvalue weighted by atomic mass is 16.5. The summed E-state index contributed by atoms with van der Waals surface area (Å²) in [6, 6.07) is 3.68. The lowest BCUT2D eigenvalue weighted by molar-refractivity contribution is 0.0693. The number of hydrogen-bond donors (Lipinski definition) is 2. The average Bonchev–Trinajstić information content (AvgIpc) is 2.53. The average molecular weight is 335 g/mol. The van der Waals surface area contributed by atoms with E-state index in [4.69, 9.17) is 4.74 Å². The summed E-state index contributed by atoms with van der Waals surface area (Å²) < 4.78 is 5.29. The van der Waals surface area contributed by atoms with Crippen molar-refractivity contribution < 1.29 is 9.53 Å². The van der Waals surface area contributed by atoms with E-state index in [0.717, 1.165) is 25.9 Å². The van der Waals surface area contributed by atoms with E-state index in [1.54, 1.807) is 12.1 Å². The molecule has 0 saturated carbocycles. The molecular weight excluding hydrogens is 306 g/mol. The van der Waals surface area contributed by atoms with E-state index in [1.165, 1.54) is 0 Å². The number of carbonyl (C=O) groups excluding carboxylic acids is 1. The number of aromatic nitrogens is 2. The predicted molar refractivity (Wildman–Crippen MR) is 94.2 cm³/mol. The van der Waals surface area contributed by atoms with E-state index in [9.17, 15) is 4.79 Å². The summed E-state index contributed by atoms with van der Waals surface area (Å²) in [5.74, 6) is 0.512. The molecule has 2 N–H and O–H groups in total. The van der Waals surface area contributed by atoms with Crippen molar-refractivity contribution in [2.45, 2.75) is 32.7 Å². The Morgan fingerprint density at radius 3 is 2.58 bits per heavy atom. The Labute approximate surface area is 144 Å². The SMILES string of the molecule is CN(C)CC(C)(C)CNc1ccc(C(=O)NC2CCOCC2)nn1. The number of nitrogens with one attached hydrogen (secondary N) is 2. The van der Waals surface area contributed by atoms with Crippen molar-refractivity contribution >= 4 is 11.7 Å². The van der Waals surface area contributed by atoms with Gasteiger partial charge in [0.05, 0.1) is 0 Å². The summed E-state index contributed by atoms with van der Waals surface area (Å²) in [6.07, 6.45) is 1.69. The molecule has 7 nitrogen and oxygen atoms in total. The van der Waals surface area contributed by atoms with Gasteiger partial charge in [-0.3, -0.25) is 4.79 Å². The maximum absolute atomic E-state index is 12.2. The van der Waals surface area contributed by atoms with Crippen LogP contribution in [0.5, 0.6) is 0 Å². The zero-order valence-electron chi connectivity index (χ0n) is 15.1. The molecule has 1 amide bonds. The standard InChI is InChI=1S/C17H29N5O2/c1-17(2,12-22(3)4)11-18-15-6-5-14(20-21-15)16(23)19-13-7-9-24-10-8-13/h5-6,13H,7-12H2,1-4H3,(H,18,21)(H,19,23).